The monoisotopic (exact) mass is 391 g/mol. The summed E-state index contributed by atoms with van der Waals surface area (Å²) in [6.07, 6.45) is 1.33. The van der Waals surface area contributed by atoms with Crippen LogP contribution in [0.3, 0.4) is 0 Å². The van der Waals surface area contributed by atoms with Gasteiger partial charge in [0.15, 0.2) is 0 Å². The molecule has 146 valence electrons. The van der Waals surface area contributed by atoms with E-state index in [0.717, 1.165) is 0 Å². The molecule has 0 aliphatic rings. The van der Waals surface area contributed by atoms with Crippen LogP contribution in [-0.2, 0) is 4.79 Å². The maximum Gasteiger partial charge on any atom is 0.335 e. The van der Waals surface area contributed by atoms with E-state index in [1.54, 1.807) is 42.5 Å². The molecule has 8 heteroatoms. The molecule has 0 unspecified atom stereocenters. The fraction of sp³-hybridized carbons (Fsp3) is 0.0476. The Kier molecular flexibility index (Phi) is 5.84. The molecule has 0 aliphatic carbocycles. The van der Waals surface area contributed by atoms with Crippen LogP contribution in [0, 0.1) is 0 Å². The van der Waals surface area contributed by atoms with Gasteiger partial charge in [-0.25, -0.2) is 10.2 Å². The van der Waals surface area contributed by atoms with Crippen LogP contribution in [0.4, 0.5) is 5.69 Å². The number of hydrogen-bond donors (Lipinski definition) is 3. The molecular weight excluding hydrogens is 374 g/mol. The van der Waals surface area contributed by atoms with Crippen LogP contribution in [-0.4, -0.2) is 29.1 Å². The third kappa shape index (κ3) is 5.16. The number of carbonyl (C=O) groups excluding carboxylic acids is 2. The fourth-order valence-electron chi connectivity index (χ4n) is 2.54. The zero-order valence-corrected chi connectivity index (χ0v) is 15.4. The van der Waals surface area contributed by atoms with Crippen molar-refractivity contribution in [2.45, 2.75) is 6.92 Å². The van der Waals surface area contributed by atoms with Crippen molar-refractivity contribution >= 4 is 29.7 Å². The number of hydrazone groups is 1. The Hall–Kier alpha value is -4.20. The van der Waals surface area contributed by atoms with Gasteiger partial charge in [-0.3, -0.25) is 9.59 Å². The normalized spacial score (nSPS) is 10.7. The summed E-state index contributed by atoms with van der Waals surface area (Å²) in [7, 11) is 0. The van der Waals surface area contributed by atoms with Crippen molar-refractivity contribution in [1.82, 2.24) is 5.43 Å². The van der Waals surface area contributed by atoms with Crippen LogP contribution in [0.5, 0.6) is 0 Å². The zero-order chi connectivity index (χ0) is 20.8. The molecule has 29 heavy (non-hydrogen) atoms. The molecule has 0 fully saturated rings. The molecule has 0 atom stereocenters. The minimum atomic E-state index is -1.02. The Labute approximate surface area is 165 Å². The second-order valence-electron chi connectivity index (χ2n) is 6.05. The van der Waals surface area contributed by atoms with Crippen molar-refractivity contribution in [3.8, 4) is 11.3 Å². The molecule has 2 aromatic carbocycles. The fourth-order valence-corrected chi connectivity index (χ4v) is 2.54. The lowest BCUT2D eigenvalue weighted by molar-refractivity contribution is -0.114. The van der Waals surface area contributed by atoms with Crippen LogP contribution < -0.4 is 10.7 Å². The van der Waals surface area contributed by atoms with Gasteiger partial charge < -0.3 is 14.8 Å². The van der Waals surface area contributed by atoms with E-state index >= 15 is 0 Å². The number of benzene rings is 2. The van der Waals surface area contributed by atoms with E-state index in [0.29, 0.717) is 28.3 Å². The van der Waals surface area contributed by atoms with Crippen molar-refractivity contribution in [2.75, 3.05) is 5.32 Å². The molecule has 3 N–H and O–H groups in total. The number of nitrogens with zero attached hydrogens (tertiary/aromatic N) is 1. The van der Waals surface area contributed by atoms with Gasteiger partial charge in [-0.15, -0.1) is 0 Å². The Morgan fingerprint density at radius 1 is 1.00 bits per heavy atom. The lowest BCUT2D eigenvalue weighted by Gasteiger charge is -2.04. The van der Waals surface area contributed by atoms with Crippen molar-refractivity contribution in [2.24, 2.45) is 5.10 Å². The Morgan fingerprint density at radius 2 is 1.76 bits per heavy atom. The number of nitrogens with one attached hydrogen (secondary N) is 2. The molecule has 0 spiro atoms. The van der Waals surface area contributed by atoms with E-state index in [1.165, 1.54) is 31.3 Å². The molecule has 1 heterocycles. The minimum Gasteiger partial charge on any atom is -0.478 e. The average Bonchev–Trinajstić information content (AvgIpc) is 3.16. The van der Waals surface area contributed by atoms with Gasteiger partial charge >= 0.3 is 5.97 Å². The highest BCUT2D eigenvalue weighted by Gasteiger charge is 2.09. The van der Waals surface area contributed by atoms with Crippen LogP contribution >= 0.6 is 0 Å². The van der Waals surface area contributed by atoms with Gasteiger partial charge in [0.1, 0.15) is 11.5 Å². The molecular formula is C21H17N3O5. The second-order valence-corrected chi connectivity index (χ2v) is 6.05. The third-order valence-corrected chi connectivity index (χ3v) is 3.82. The molecule has 0 bridgehead atoms. The molecule has 0 aliphatic heterocycles. The number of hydrogen-bond acceptors (Lipinski definition) is 5. The first-order chi connectivity index (χ1) is 13.9. The van der Waals surface area contributed by atoms with E-state index in [4.69, 9.17) is 9.52 Å². The van der Waals surface area contributed by atoms with Gasteiger partial charge in [-0.2, -0.15) is 5.10 Å². The quantitative estimate of drug-likeness (QED) is 0.439. The van der Waals surface area contributed by atoms with Crippen LogP contribution in [0.2, 0.25) is 0 Å². The highest BCUT2D eigenvalue weighted by Crippen LogP contribution is 2.22. The van der Waals surface area contributed by atoms with Gasteiger partial charge in [-0.1, -0.05) is 18.2 Å². The summed E-state index contributed by atoms with van der Waals surface area (Å²) in [4.78, 5) is 34.4. The molecule has 0 radical (unpaired) electrons. The van der Waals surface area contributed by atoms with Crippen molar-refractivity contribution < 1.29 is 23.9 Å². The Morgan fingerprint density at radius 3 is 2.52 bits per heavy atom. The summed E-state index contributed by atoms with van der Waals surface area (Å²) in [5.74, 6) is -0.847. The van der Waals surface area contributed by atoms with Crippen LogP contribution in [0.25, 0.3) is 11.3 Å². The summed E-state index contributed by atoms with van der Waals surface area (Å²) >= 11 is 0. The van der Waals surface area contributed by atoms with E-state index in [-0.39, 0.29) is 11.5 Å². The summed E-state index contributed by atoms with van der Waals surface area (Å²) in [5, 5.41) is 15.5. The maximum atomic E-state index is 12.2. The predicted octanol–water partition coefficient (Wildman–Crippen LogP) is 3.37. The highest BCUT2D eigenvalue weighted by molar-refractivity contribution is 5.97. The molecule has 0 saturated carbocycles. The smallest absolute Gasteiger partial charge is 0.335 e. The largest absolute Gasteiger partial charge is 0.478 e. The van der Waals surface area contributed by atoms with E-state index in [9.17, 15) is 14.4 Å². The van der Waals surface area contributed by atoms with Gasteiger partial charge in [0.2, 0.25) is 5.91 Å². The van der Waals surface area contributed by atoms with Crippen molar-refractivity contribution in [3.63, 3.8) is 0 Å². The van der Waals surface area contributed by atoms with Crippen LogP contribution in [0.1, 0.15) is 33.4 Å². The van der Waals surface area contributed by atoms with E-state index in [1.807, 2.05) is 0 Å². The minimum absolute atomic E-state index is 0.155. The van der Waals surface area contributed by atoms with Crippen molar-refractivity contribution in [1.29, 1.82) is 0 Å². The maximum absolute atomic E-state index is 12.2. The standard InChI is InChI=1S/C21H17N3O5/c1-13(25)23-17-7-3-5-15(11-17)20(26)24-22-12-18-8-9-19(29-18)14-4-2-6-16(10-14)21(27)28/h2-12H,1H3,(H,23,25)(H,24,26)(H,27,28). The highest BCUT2D eigenvalue weighted by atomic mass is 16.4. The van der Waals surface area contributed by atoms with Gasteiger partial charge in [0.25, 0.3) is 5.91 Å². The molecule has 3 aromatic rings. The summed E-state index contributed by atoms with van der Waals surface area (Å²) < 4.78 is 5.61. The first-order valence-electron chi connectivity index (χ1n) is 8.57. The lowest BCUT2D eigenvalue weighted by atomic mass is 10.1. The summed E-state index contributed by atoms with van der Waals surface area (Å²) in [6, 6.07) is 16.1. The number of anilines is 1. The number of aromatic carboxylic acids is 1. The first-order valence-corrected chi connectivity index (χ1v) is 8.57. The lowest BCUT2D eigenvalue weighted by Crippen LogP contribution is -2.18. The molecule has 8 nitrogen and oxygen atoms in total. The average molecular weight is 391 g/mol. The number of carboxylic acid groups (broad SMARTS) is 1. The molecule has 1 aromatic heterocycles. The van der Waals surface area contributed by atoms with Crippen LogP contribution in [0.15, 0.2) is 70.2 Å². The van der Waals surface area contributed by atoms with Gasteiger partial charge in [0, 0.05) is 23.7 Å². The topological polar surface area (TPSA) is 121 Å². The number of amides is 2. The SMILES string of the molecule is CC(=O)Nc1cccc(C(=O)NN=Cc2ccc(-c3cccc(C(=O)O)c3)o2)c1. The summed E-state index contributed by atoms with van der Waals surface area (Å²) in [6.45, 7) is 1.38. The molecule has 3 rings (SSSR count). The van der Waals surface area contributed by atoms with Gasteiger partial charge in [0.05, 0.1) is 11.8 Å². The van der Waals surface area contributed by atoms with Crippen molar-refractivity contribution in [3.05, 3.63) is 77.6 Å². The zero-order valence-electron chi connectivity index (χ0n) is 15.4. The molecule has 0 saturated heterocycles. The first kappa shape index (κ1) is 19.6. The predicted molar refractivity (Wildman–Crippen MR) is 107 cm³/mol. The van der Waals surface area contributed by atoms with Gasteiger partial charge in [-0.05, 0) is 42.5 Å². The number of rotatable bonds is 6. The summed E-state index contributed by atoms with van der Waals surface area (Å²) in [5.41, 5.74) is 3.99. The Balaban J connectivity index is 1.66. The number of carboxylic acids is 1. The Bertz CT molecular complexity index is 1100. The molecule has 2 amide bonds. The van der Waals surface area contributed by atoms with E-state index in [2.05, 4.69) is 15.8 Å². The third-order valence-electron chi connectivity index (χ3n) is 3.82. The number of furan rings is 1. The second kappa shape index (κ2) is 8.66. The number of carbonyl (C=O) groups is 3. The van der Waals surface area contributed by atoms with E-state index < -0.39 is 11.9 Å².